The van der Waals surface area contributed by atoms with Crippen LogP contribution < -0.4 is 5.73 Å². The Morgan fingerprint density at radius 3 is 2.56 bits per heavy atom. The Hall–Kier alpha value is -0.530. The third-order valence-corrected chi connectivity index (χ3v) is 3.42. The summed E-state index contributed by atoms with van der Waals surface area (Å²) in [6.45, 7) is 6.53. The number of hydrogen-bond donors (Lipinski definition) is 1. The van der Waals surface area contributed by atoms with Crippen LogP contribution in [-0.2, 0) is 0 Å². The maximum absolute atomic E-state index is 6.19. The van der Waals surface area contributed by atoms with Gasteiger partial charge in [-0.15, -0.1) is 0 Å². The van der Waals surface area contributed by atoms with Crippen molar-refractivity contribution in [1.29, 1.82) is 0 Å². The van der Waals surface area contributed by atoms with Crippen LogP contribution in [0.25, 0.3) is 0 Å². The van der Waals surface area contributed by atoms with Gasteiger partial charge in [-0.2, -0.15) is 0 Å². The maximum Gasteiger partial charge on any atom is 0.0438 e. The molecule has 0 aromatic heterocycles. The fourth-order valence-electron chi connectivity index (χ4n) is 1.93. The Morgan fingerprint density at radius 2 is 1.94 bits per heavy atom. The van der Waals surface area contributed by atoms with Gasteiger partial charge in [0.25, 0.3) is 0 Å². The SMILES string of the molecule is Cc1c(Cl)cccc1C(N)CCCC(C)C. The van der Waals surface area contributed by atoms with Crippen LogP contribution in [0.3, 0.4) is 0 Å². The Morgan fingerprint density at radius 1 is 1.25 bits per heavy atom. The normalized spacial score (nSPS) is 13.1. The van der Waals surface area contributed by atoms with Crippen LogP contribution in [0.4, 0.5) is 0 Å². The van der Waals surface area contributed by atoms with Gasteiger partial charge in [-0.05, 0) is 36.5 Å². The fraction of sp³-hybridized carbons (Fsp3) is 0.571. The summed E-state index contributed by atoms with van der Waals surface area (Å²) in [5, 5.41) is 0.816. The van der Waals surface area contributed by atoms with E-state index in [1.807, 2.05) is 19.1 Å². The first-order valence-corrected chi connectivity index (χ1v) is 6.40. The van der Waals surface area contributed by atoms with Crippen molar-refractivity contribution >= 4 is 11.6 Å². The van der Waals surface area contributed by atoms with Crippen molar-refractivity contribution in [3.8, 4) is 0 Å². The lowest BCUT2D eigenvalue weighted by atomic mass is 9.96. The summed E-state index contributed by atoms with van der Waals surface area (Å²) in [5.41, 5.74) is 8.51. The van der Waals surface area contributed by atoms with Crippen molar-refractivity contribution in [1.82, 2.24) is 0 Å². The highest BCUT2D eigenvalue weighted by Gasteiger charge is 2.10. The zero-order valence-corrected chi connectivity index (χ0v) is 11.2. The molecule has 0 radical (unpaired) electrons. The van der Waals surface area contributed by atoms with Crippen molar-refractivity contribution in [2.45, 2.75) is 46.1 Å². The van der Waals surface area contributed by atoms with E-state index in [-0.39, 0.29) is 6.04 Å². The molecule has 0 heterocycles. The highest BCUT2D eigenvalue weighted by Crippen LogP contribution is 2.26. The Bertz CT molecular complexity index is 334. The van der Waals surface area contributed by atoms with Crippen molar-refractivity contribution in [2.75, 3.05) is 0 Å². The van der Waals surface area contributed by atoms with Crippen LogP contribution in [0.1, 0.15) is 50.3 Å². The molecule has 1 unspecified atom stereocenters. The summed E-state index contributed by atoms with van der Waals surface area (Å²) < 4.78 is 0. The lowest BCUT2D eigenvalue weighted by Crippen LogP contribution is -2.12. The van der Waals surface area contributed by atoms with Gasteiger partial charge < -0.3 is 5.73 Å². The third-order valence-electron chi connectivity index (χ3n) is 3.01. The first kappa shape index (κ1) is 13.5. The van der Waals surface area contributed by atoms with Gasteiger partial charge in [-0.1, -0.05) is 50.4 Å². The molecule has 16 heavy (non-hydrogen) atoms. The van der Waals surface area contributed by atoms with E-state index in [4.69, 9.17) is 17.3 Å². The molecule has 1 rings (SSSR count). The summed E-state index contributed by atoms with van der Waals surface area (Å²) in [7, 11) is 0. The molecule has 2 N–H and O–H groups in total. The second kappa shape index (κ2) is 6.27. The molecule has 1 aromatic carbocycles. The topological polar surface area (TPSA) is 26.0 Å². The van der Waals surface area contributed by atoms with Crippen LogP contribution in [0, 0.1) is 12.8 Å². The average molecular weight is 240 g/mol. The van der Waals surface area contributed by atoms with E-state index < -0.39 is 0 Å². The molecule has 0 aliphatic rings. The number of nitrogens with two attached hydrogens (primary N) is 1. The van der Waals surface area contributed by atoms with E-state index in [9.17, 15) is 0 Å². The summed E-state index contributed by atoms with van der Waals surface area (Å²) in [4.78, 5) is 0. The number of halogens is 1. The maximum atomic E-state index is 6.19. The molecule has 0 aliphatic carbocycles. The molecule has 0 amide bonds. The molecule has 0 saturated carbocycles. The molecule has 1 atom stereocenters. The van der Waals surface area contributed by atoms with E-state index in [1.165, 1.54) is 18.4 Å². The first-order chi connectivity index (χ1) is 7.52. The second-order valence-electron chi connectivity index (χ2n) is 4.89. The van der Waals surface area contributed by atoms with Crippen LogP contribution >= 0.6 is 11.6 Å². The Kier molecular flexibility index (Phi) is 5.30. The lowest BCUT2D eigenvalue weighted by Gasteiger charge is -2.16. The molecule has 0 fully saturated rings. The van der Waals surface area contributed by atoms with Gasteiger partial charge in [0.15, 0.2) is 0 Å². The molecule has 1 nitrogen and oxygen atoms in total. The van der Waals surface area contributed by atoms with E-state index in [2.05, 4.69) is 19.9 Å². The van der Waals surface area contributed by atoms with E-state index in [0.717, 1.165) is 22.9 Å². The predicted octanol–water partition coefficient (Wildman–Crippen LogP) is 4.47. The zero-order chi connectivity index (χ0) is 12.1. The molecule has 0 aliphatic heterocycles. The minimum absolute atomic E-state index is 0.123. The molecule has 1 aromatic rings. The van der Waals surface area contributed by atoms with Gasteiger partial charge in [0.1, 0.15) is 0 Å². The summed E-state index contributed by atoms with van der Waals surface area (Å²) in [6.07, 6.45) is 3.47. The summed E-state index contributed by atoms with van der Waals surface area (Å²) >= 11 is 6.09. The highest BCUT2D eigenvalue weighted by molar-refractivity contribution is 6.31. The van der Waals surface area contributed by atoms with E-state index >= 15 is 0 Å². The van der Waals surface area contributed by atoms with Crippen LogP contribution in [0.2, 0.25) is 5.02 Å². The second-order valence-corrected chi connectivity index (χ2v) is 5.29. The molecule has 0 bridgehead atoms. The van der Waals surface area contributed by atoms with Crippen molar-refractivity contribution in [2.24, 2.45) is 11.7 Å². The van der Waals surface area contributed by atoms with E-state index in [1.54, 1.807) is 0 Å². The predicted molar refractivity (Wildman–Crippen MR) is 71.8 cm³/mol. The largest absolute Gasteiger partial charge is 0.324 e. The molecule has 0 saturated heterocycles. The molecular weight excluding hydrogens is 218 g/mol. The first-order valence-electron chi connectivity index (χ1n) is 6.03. The summed E-state index contributed by atoms with van der Waals surface area (Å²) in [5.74, 6) is 0.757. The van der Waals surface area contributed by atoms with Crippen molar-refractivity contribution in [3.63, 3.8) is 0 Å². The fourth-order valence-corrected chi connectivity index (χ4v) is 2.11. The standard InChI is InChI=1S/C14H22ClN/c1-10(2)6-4-9-14(16)12-7-5-8-13(15)11(12)3/h5,7-8,10,14H,4,6,9,16H2,1-3H3. The summed E-state index contributed by atoms with van der Waals surface area (Å²) in [6, 6.07) is 6.10. The quantitative estimate of drug-likeness (QED) is 0.806. The highest BCUT2D eigenvalue weighted by atomic mass is 35.5. The van der Waals surface area contributed by atoms with Gasteiger partial charge in [-0.25, -0.2) is 0 Å². The minimum atomic E-state index is 0.123. The van der Waals surface area contributed by atoms with Crippen molar-refractivity contribution < 1.29 is 0 Å². The third kappa shape index (κ3) is 3.80. The molecule has 0 spiro atoms. The van der Waals surface area contributed by atoms with Crippen LogP contribution in [0.15, 0.2) is 18.2 Å². The Balaban J connectivity index is 2.59. The van der Waals surface area contributed by atoms with E-state index in [0.29, 0.717) is 0 Å². The molecule has 90 valence electrons. The van der Waals surface area contributed by atoms with Gasteiger partial charge >= 0.3 is 0 Å². The lowest BCUT2D eigenvalue weighted by molar-refractivity contribution is 0.505. The van der Waals surface area contributed by atoms with Gasteiger partial charge in [0, 0.05) is 11.1 Å². The molecular formula is C14H22ClN. The monoisotopic (exact) mass is 239 g/mol. The average Bonchev–Trinajstić information content (AvgIpc) is 2.21. The van der Waals surface area contributed by atoms with Gasteiger partial charge in [0.2, 0.25) is 0 Å². The van der Waals surface area contributed by atoms with Crippen LogP contribution in [-0.4, -0.2) is 0 Å². The number of benzene rings is 1. The minimum Gasteiger partial charge on any atom is -0.324 e. The zero-order valence-electron chi connectivity index (χ0n) is 10.5. The molecule has 2 heteroatoms. The smallest absolute Gasteiger partial charge is 0.0438 e. The number of hydrogen-bond acceptors (Lipinski definition) is 1. The number of rotatable bonds is 5. The van der Waals surface area contributed by atoms with Crippen LogP contribution in [0.5, 0.6) is 0 Å². The Labute approximate surface area is 104 Å². The van der Waals surface area contributed by atoms with Gasteiger partial charge in [-0.3, -0.25) is 0 Å². The van der Waals surface area contributed by atoms with Gasteiger partial charge in [0.05, 0.1) is 0 Å². The van der Waals surface area contributed by atoms with Crippen molar-refractivity contribution in [3.05, 3.63) is 34.3 Å².